The van der Waals surface area contributed by atoms with E-state index in [9.17, 15) is 0 Å². The number of guanidine groups is 1. The van der Waals surface area contributed by atoms with Gasteiger partial charge in [0.2, 0.25) is 5.96 Å². The Morgan fingerprint density at radius 2 is 1.61 bits per heavy atom. The summed E-state index contributed by atoms with van der Waals surface area (Å²) in [5.74, 6) is 0.131. The molecule has 0 atom stereocenters. The molecule has 0 fully saturated rings. The molecular formula is C9H14N5O4+. The van der Waals surface area contributed by atoms with Gasteiger partial charge in [0.1, 0.15) is 10.7 Å². The number of benzene rings is 1. The zero-order valence-corrected chi connectivity index (χ0v) is 9.56. The maximum atomic E-state index is 9.05. The van der Waals surface area contributed by atoms with Gasteiger partial charge in [-0.05, 0) is 36.8 Å². The summed E-state index contributed by atoms with van der Waals surface area (Å²) < 4.78 is 0. The number of aromatic hydroxyl groups is 1. The van der Waals surface area contributed by atoms with Gasteiger partial charge in [0.05, 0.1) is 5.71 Å². The Kier molecular flexibility index (Phi) is 6.26. The van der Waals surface area contributed by atoms with Gasteiger partial charge >= 0.3 is 5.09 Å². The Morgan fingerprint density at radius 1 is 1.17 bits per heavy atom. The lowest BCUT2D eigenvalue weighted by molar-refractivity contribution is -0.969. The Labute approximate surface area is 102 Å². The van der Waals surface area contributed by atoms with E-state index in [4.69, 9.17) is 31.9 Å². The molecule has 18 heavy (non-hydrogen) atoms. The van der Waals surface area contributed by atoms with E-state index in [-0.39, 0.29) is 11.7 Å². The summed E-state index contributed by atoms with van der Waals surface area (Å²) in [7, 11) is 0. The summed E-state index contributed by atoms with van der Waals surface area (Å²) in [6.45, 7) is 1.78. The minimum absolute atomic E-state index is 0.0804. The molecule has 9 heteroatoms. The molecule has 0 bridgehead atoms. The number of rotatable bonds is 2. The second-order valence-electron chi connectivity index (χ2n) is 3.01. The zero-order chi connectivity index (χ0) is 14.1. The van der Waals surface area contributed by atoms with Gasteiger partial charge in [-0.2, -0.15) is 5.10 Å². The van der Waals surface area contributed by atoms with Gasteiger partial charge in [-0.3, -0.25) is 0 Å². The molecule has 0 amide bonds. The highest BCUT2D eigenvalue weighted by Gasteiger charge is 1.96. The van der Waals surface area contributed by atoms with Crippen molar-refractivity contribution in [1.82, 2.24) is 0 Å². The molecule has 1 aromatic rings. The lowest BCUT2D eigenvalue weighted by Gasteiger charge is -1.98. The van der Waals surface area contributed by atoms with Crippen molar-refractivity contribution in [3.8, 4) is 5.75 Å². The third-order valence-electron chi connectivity index (χ3n) is 1.60. The normalized spacial score (nSPS) is 9.94. The van der Waals surface area contributed by atoms with Gasteiger partial charge < -0.3 is 16.6 Å². The zero-order valence-electron chi connectivity index (χ0n) is 9.56. The maximum Gasteiger partial charge on any atom is 0.472 e. The van der Waals surface area contributed by atoms with Crippen LogP contribution in [0.25, 0.3) is 0 Å². The summed E-state index contributed by atoms with van der Waals surface area (Å²) >= 11 is 0. The van der Waals surface area contributed by atoms with E-state index in [0.717, 1.165) is 5.56 Å². The lowest BCUT2D eigenvalue weighted by atomic mass is 10.1. The van der Waals surface area contributed by atoms with Crippen molar-refractivity contribution in [2.45, 2.75) is 6.92 Å². The standard InChI is InChI=1S/C9H12N4O.H2NO3/c1-6(12-13-9(10)11)7-2-4-8(14)5-3-7;2-1(3)4/h2-5,14H,1H3,(H4,10,11,13);(H2,2,3,4)/q;+1/b12-6+;. The lowest BCUT2D eigenvalue weighted by Crippen LogP contribution is -2.22. The molecule has 7 N–H and O–H groups in total. The molecule has 0 heterocycles. The third kappa shape index (κ3) is 7.45. The van der Waals surface area contributed by atoms with Gasteiger partial charge in [0.25, 0.3) is 0 Å². The van der Waals surface area contributed by atoms with Crippen molar-refractivity contribution in [2.24, 2.45) is 21.7 Å². The Morgan fingerprint density at radius 3 is 2.00 bits per heavy atom. The number of nitrogens with zero attached hydrogens (tertiary/aromatic N) is 3. The van der Waals surface area contributed by atoms with Crippen LogP contribution in [0.3, 0.4) is 0 Å². The van der Waals surface area contributed by atoms with Crippen molar-refractivity contribution >= 4 is 11.7 Å². The first-order valence-corrected chi connectivity index (χ1v) is 4.60. The highest BCUT2D eigenvalue weighted by molar-refractivity contribution is 5.99. The minimum atomic E-state index is -1.25. The molecule has 0 aliphatic carbocycles. The van der Waals surface area contributed by atoms with E-state index >= 15 is 0 Å². The largest absolute Gasteiger partial charge is 0.508 e. The summed E-state index contributed by atoms with van der Waals surface area (Å²) in [4.78, 5) is 8.47. The van der Waals surface area contributed by atoms with Crippen molar-refractivity contribution < 1.29 is 20.6 Å². The molecule has 1 aromatic carbocycles. The van der Waals surface area contributed by atoms with E-state index in [1.807, 2.05) is 0 Å². The molecule has 0 aliphatic heterocycles. The average Bonchev–Trinajstić information content (AvgIpc) is 2.26. The fourth-order valence-corrected chi connectivity index (χ4v) is 0.893. The van der Waals surface area contributed by atoms with Crippen LogP contribution in [-0.2, 0) is 0 Å². The van der Waals surface area contributed by atoms with E-state index < -0.39 is 5.09 Å². The van der Waals surface area contributed by atoms with Crippen LogP contribution in [0, 0.1) is 4.91 Å². The van der Waals surface area contributed by atoms with E-state index in [1.54, 1.807) is 31.2 Å². The predicted molar refractivity (Wildman–Crippen MR) is 63.3 cm³/mol. The summed E-state index contributed by atoms with van der Waals surface area (Å²) in [6.07, 6.45) is 0. The number of hydrogen-bond donors (Lipinski definition) is 5. The molecule has 9 nitrogen and oxygen atoms in total. The number of hydrogen-bond acceptors (Lipinski definition) is 4. The van der Waals surface area contributed by atoms with Crippen LogP contribution in [-0.4, -0.2) is 32.3 Å². The molecular weight excluding hydrogens is 242 g/mol. The van der Waals surface area contributed by atoms with Crippen molar-refractivity contribution in [3.05, 3.63) is 34.7 Å². The van der Waals surface area contributed by atoms with Gasteiger partial charge in [-0.15, -0.1) is 5.10 Å². The van der Waals surface area contributed by atoms with E-state index in [0.29, 0.717) is 5.71 Å². The van der Waals surface area contributed by atoms with Crippen LogP contribution in [0.15, 0.2) is 34.5 Å². The maximum absolute atomic E-state index is 9.05. The van der Waals surface area contributed by atoms with Crippen molar-refractivity contribution in [1.29, 1.82) is 0 Å². The smallest absolute Gasteiger partial charge is 0.472 e. The third-order valence-corrected chi connectivity index (χ3v) is 1.60. The molecule has 0 radical (unpaired) electrons. The number of phenols is 1. The highest BCUT2D eigenvalue weighted by Crippen LogP contribution is 2.10. The van der Waals surface area contributed by atoms with E-state index in [1.165, 1.54) is 0 Å². The number of nitrogens with two attached hydrogens (primary N) is 2. The van der Waals surface area contributed by atoms with Crippen LogP contribution in [0.4, 0.5) is 0 Å². The van der Waals surface area contributed by atoms with E-state index in [2.05, 4.69) is 10.2 Å². The monoisotopic (exact) mass is 256 g/mol. The highest BCUT2D eigenvalue weighted by atomic mass is 16.9. The fraction of sp³-hybridized carbons (Fsp3) is 0.111. The first-order chi connectivity index (χ1) is 8.32. The average molecular weight is 256 g/mol. The molecule has 0 spiro atoms. The van der Waals surface area contributed by atoms with Crippen LogP contribution in [0.2, 0.25) is 0 Å². The summed E-state index contributed by atoms with van der Waals surface area (Å²) in [5.41, 5.74) is 11.8. The van der Waals surface area contributed by atoms with Crippen LogP contribution in [0.1, 0.15) is 12.5 Å². The first kappa shape index (κ1) is 15.2. The fourth-order valence-electron chi connectivity index (χ4n) is 0.893. The molecule has 0 saturated heterocycles. The Hall–Kier alpha value is -2.84. The summed E-state index contributed by atoms with van der Waals surface area (Å²) in [5, 5.41) is 28.9. The van der Waals surface area contributed by atoms with Crippen molar-refractivity contribution in [2.75, 3.05) is 0 Å². The molecule has 1 rings (SSSR count). The second-order valence-corrected chi connectivity index (χ2v) is 3.01. The first-order valence-electron chi connectivity index (χ1n) is 4.60. The second kappa shape index (κ2) is 7.44. The molecule has 0 aromatic heterocycles. The van der Waals surface area contributed by atoms with Crippen LogP contribution < -0.4 is 11.5 Å². The molecule has 98 valence electrons. The SMILES string of the molecule is C/C(=N\N=C(N)N)c1ccc(O)cc1.O=[N+](O)O. The van der Waals surface area contributed by atoms with Gasteiger partial charge in [-0.1, -0.05) is 0 Å². The molecule has 0 aliphatic rings. The minimum Gasteiger partial charge on any atom is -0.508 e. The van der Waals surface area contributed by atoms with Crippen LogP contribution >= 0.6 is 0 Å². The van der Waals surface area contributed by atoms with Gasteiger partial charge in [0.15, 0.2) is 0 Å². The Balaban J connectivity index is 0.000000631. The van der Waals surface area contributed by atoms with Crippen molar-refractivity contribution in [3.63, 3.8) is 0 Å². The van der Waals surface area contributed by atoms with Crippen LogP contribution in [0.5, 0.6) is 5.75 Å². The van der Waals surface area contributed by atoms with Gasteiger partial charge in [-0.25, -0.2) is 10.4 Å². The number of phenolic OH excluding ortho intramolecular Hbond substituents is 1. The molecule has 0 saturated carbocycles. The molecule has 0 unspecified atom stereocenters. The summed E-state index contributed by atoms with van der Waals surface area (Å²) in [6, 6.07) is 6.61. The van der Waals surface area contributed by atoms with Gasteiger partial charge in [0, 0.05) is 0 Å². The predicted octanol–water partition coefficient (Wildman–Crippen LogP) is -0.0667. The topological polar surface area (TPSA) is 158 Å². The quantitative estimate of drug-likeness (QED) is 0.283. The Bertz CT molecular complexity index is 447.